The van der Waals surface area contributed by atoms with Crippen molar-refractivity contribution >= 4 is 5.78 Å². The van der Waals surface area contributed by atoms with Crippen molar-refractivity contribution in [3.05, 3.63) is 12.7 Å². The maximum absolute atomic E-state index is 10.4. The van der Waals surface area contributed by atoms with Gasteiger partial charge in [0.25, 0.3) is 0 Å². The number of carbonyl (C=O) groups excluding carboxylic acids is 1. The van der Waals surface area contributed by atoms with Gasteiger partial charge in [0, 0.05) is 13.0 Å². The van der Waals surface area contributed by atoms with Gasteiger partial charge < -0.3 is 5.32 Å². The van der Waals surface area contributed by atoms with Crippen molar-refractivity contribution < 1.29 is 4.79 Å². The molecule has 0 aliphatic rings. The monoisotopic (exact) mass is 113 g/mol. The Bertz CT molecular complexity index is 88.5. The van der Waals surface area contributed by atoms with Crippen LogP contribution in [0.25, 0.3) is 0 Å². The highest BCUT2D eigenvalue weighted by Gasteiger charge is 1.90. The molecule has 0 aromatic heterocycles. The lowest BCUT2D eigenvalue weighted by atomic mass is 10.3. The highest BCUT2D eigenvalue weighted by atomic mass is 16.1. The Morgan fingerprint density at radius 3 is 2.88 bits per heavy atom. The van der Waals surface area contributed by atoms with Gasteiger partial charge in [0.05, 0.1) is 0 Å². The van der Waals surface area contributed by atoms with Gasteiger partial charge in [0.15, 0.2) is 5.78 Å². The van der Waals surface area contributed by atoms with Crippen LogP contribution in [0.2, 0.25) is 0 Å². The van der Waals surface area contributed by atoms with Crippen LogP contribution < -0.4 is 5.32 Å². The highest BCUT2D eigenvalue weighted by Crippen LogP contribution is 1.78. The quantitative estimate of drug-likeness (QED) is 0.533. The smallest absolute Gasteiger partial charge is 0.156 e. The van der Waals surface area contributed by atoms with Crippen LogP contribution in [-0.2, 0) is 4.79 Å². The molecule has 2 heteroatoms. The van der Waals surface area contributed by atoms with E-state index in [9.17, 15) is 4.79 Å². The molecule has 0 bridgehead atoms. The van der Waals surface area contributed by atoms with E-state index in [1.165, 1.54) is 6.08 Å². The Balaban J connectivity index is 3.11. The maximum Gasteiger partial charge on any atom is 0.156 e. The third-order valence-corrected chi connectivity index (χ3v) is 0.849. The van der Waals surface area contributed by atoms with Crippen molar-refractivity contribution in [2.24, 2.45) is 0 Å². The van der Waals surface area contributed by atoms with E-state index in [1.54, 1.807) is 0 Å². The zero-order valence-corrected chi connectivity index (χ0v) is 5.11. The molecule has 2 nitrogen and oxygen atoms in total. The van der Waals surface area contributed by atoms with Crippen molar-refractivity contribution in [2.75, 3.05) is 13.6 Å². The van der Waals surface area contributed by atoms with Gasteiger partial charge in [-0.05, 0) is 13.1 Å². The minimum Gasteiger partial charge on any atom is -0.319 e. The molecule has 0 aromatic carbocycles. The summed E-state index contributed by atoms with van der Waals surface area (Å²) in [6.45, 7) is 4.08. The van der Waals surface area contributed by atoms with Gasteiger partial charge in [0.1, 0.15) is 0 Å². The molecule has 0 rings (SSSR count). The first-order valence-corrected chi connectivity index (χ1v) is 2.61. The number of rotatable bonds is 4. The van der Waals surface area contributed by atoms with E-state index in [-0.39, 0.29) is 5.78 Å². The summed E-state index contributed by atoms with van der Waals surface area (Å²) in [5.41, 5.74) is 0. The molecule has 0 unspecified atom stereocenters. The molecule has 0 atom stereocenters. The predicted octanol–water partition coefficient (Wildman–Crippen LogP) is 0.351. The number of carbonyl (C=O) groups is 1. The molecular weight excluding hydrogens is 102 g/mol. The minimum atomic E-state index is 0.0966. The second-order valence-corrected chi connectivity index (χ2v) is 1.52. The first-order chi connectivity index (χ1) is 3.81. The second-order valence-electron chi connectivity index (χ2n) is 1.52. The molecule has 0 aromatic rings. The van der Waals surface area contributed by atoms with E-state index in [4.69, 9.17) is 0 Å². The van der Waals surface area contributed by atoms with Crippen molar-refractivity contribution in [1.29, 1.82) is 0 Å². The number of nitrogens with one attached hydrogen (secondary N) is 1. The van der Waals surface area contributed by atoms with Gasteiger partial charge in [-0.3, -0.25) is 4.79 Å². The molecule has 0 saturated carbocycles. The normalized spacial score (nSPS) is 8.62. The molecule has 0 aliphatic carbocycles. The van der Waals surface area contributed by atoms with Gasteiger partial charge in [-0.2, -0.15) is 0 Å². The Morgan fingerprint density at radius 2 is 2.50 bits per heavy atom. The van der Waals surface area contributed by atoms with Gasteiger partial charge in [0.2, 0.25) is 0 Å². The Hall–Kier alpha value is -0.630. The van der Waals surface area contributed by atoms with E-state index in [1.807, 2.05) is 7.05 Å². The van der Waals surface area contributed by atoms with E-state index in [0.717, 1.165) is 6.54 Å². The standard InChI is InChI=1S/C6H11NO/c1-3-6(8)4-5-7-2/h3,7H,1,4-5H2,2H3. The van der Waals surface area contributed by atoms with Gasteiger partial charge in [-0.25, -0.2) is 0 Å². The average molecular weight is 113 g/mol. The third-order valence-electron chi connectivity index (χ3n) is 0.849. The molecule has 1 N–H and O–H groups in total. The molecule has 0 aliphatic heterocycles. The fourth-order valence-electron chi connectivity index (χ4n) is 0.350. The van der Waals surface area contributed by atoms with Crippen LogP contribution in [0.3, 0.4) is 0 Å². The molecule has 0 amide bonds. The lowest BCUT2D eigenvalue weighted by Crippen LogP contribution is -2.11. The second kappa shape index (κ2) is 4.53. The summed E-state index contributed by atoms with van der Waals surface area (Å²) >= 11 is 0. The molecule has 0 spiro atoms. The van der Waals surface area contributed by atoms with Crippen LogP contribution in [0.15, 0.2) is 12.7 Å². The lowest BCUT2D eigenvalue weighted by molar-refractivity contribution is -0.114. The van der Waals surface area contributed by atoms with Gasteiger partial charge in [-0.1, -0.05) is 6.58 Å². The van der Waals surface area contributed by atoms with Crippen LogP contribution in [-0.4, -0.2) is 19.4 Å². The number of hydrogen-bond donors (Lipinski definition) is 1. The Labute approximate surface area is 49.6 Å². The average Bonchev–Trinajstić information content (AvgIpc) is 1.83. The fourth-order valence-corrected chi connectivity index (χ4v) is 0.350. The Kier molecular flexibility index (Phi) is 4.17. The van der Waals surface area contributed by atoms with E-state index < -0.39 is 0 Å². The summed E-state index contributed by atoms with van der Waals surface area (Å²) in [6, 6.07) is 0. The Morgan fingerprint density at radius 1 is 1.88 bits per heavy atom. The highest BCUT2D eigenvalue weighted by molar-refractivity contribution is 5.89. The van der Waals surface area contributed by atoms with E-state index >= 15 is 0 Å². The molecular formula is C6H11NO. The van der Waals surface area contributed by atoms with Crippen LogP contribution in [0.5, 0.6) is 0 Å². The van der Waals surface area contributed by atoms with Crippen LogP contribution >= 0.6 is 0 Å². The largest absolute Gasteiger partial charge is 0.319 e. The van der Waals surface area contributed by atoms with Crippen LogP contribution in [0, 0.1) is 0 Å². The van der Waals surface area contributed by atoms with Gasteiger partial charge in [-0.15, -0.1) is 0 Å². The summed E-state index contributed by atoms with van der Waals surface area (Å²) in [5.74, 6) is 0.0966. The molecule has 0 fully saturated rings. The zero-order chi connectivity index (χ0) is 6.41. The number of hydrogen-bond acceptors (Lipinski definition) is 2. The van der Waals surface area contributed by atoms with Crippen molar-refractivity contribution in [3.63, 3.8) is 0 Å². The maximum atomic E-state index is 10.4. The topological polar surface area (TPSA) is 29.1 Å². The first kappa shape index (κ1) is 7.37. The molecule has 0 saturated heterocycles. The summed E-state index contributed by atoms with van der Waals surface area (Å²) in [6.07, 6.45) is 1.90. The van der Waals surface area contributed by atoms with Gasteiger partial charge >= 0.3 is 0 Å². The first-order valence-electron chi connectivity index (χ1n) is 2.61. The van der Waals surface area contributed by atoms with E-state index in [2.05, 4.69) is 11.9 Å². The minimum absolute atomic E-state index is 0.0966. The predicted molar refractivity (Wildman–Crippen MR) is 33.7 cm³/mol. The summed E-state index contributed by atoms with van der Waals surface area (Å²) in [5, 5.41) is 2.86. The lowest BCUT2D eigenvalue weighted by Gasteiger charge is -1.90. The van der Waals surface area contributed by atoms with Crippen LogP contribution in [0.1, 0.15) is 6.42 Å². The summed E-state index contributed by atoms with van der Waals surface area (Å²) < 4.78 is 0. The number of allylic oxidation sites excluding steroid dienone is 1. The molecule has 0 radical (unpaired) electrons. The van der Waals surface area contributed by atoms with E-state index in [0.29, 0.717) is 6.42 Å². The van der Waals surface area contributed by atoms with Crippen molar-refractivity contribution in [3.8, 4) is 0 Å². The number of ketones is 1. The fraction of sp³-hybridized carbons (Fsp3) is 0.500. The SMILES string of the molecule is C=CC(=O)CCNC. The molecule has 46 valence electrons. The summed E-state index contributed by atoms with van der Waals surface area (Å²) in [7, 11) is 1.82. The zero-order valence-electron chi connectivity index (χ0n) is 5.11. The molecule has 0 heterocycles. The van der Waals surface area contributed by atoms with Crippen molar-refractivity contribution in [2.45, 2.75) is 6.42 Å². The van der Waals surface area contributed by atoms with Crippen LogP contribution in [0.4, 0.5) is 0 Å². The summed E-state index contributed by atoms with van der Waals surface area (Å²) in [4.78, 5) is 10.4. The third kappa shape index (κ3) is 3.56. The van der Waals surface area contributed by atoms with Crippen molar-refractivity contribution in [1.82, 2.24) is 5.32 Å². The molecule has 8 heavy (non-hydrogen) atoms.